The number of ether oxygens (including phenoxy) is 3. The zero-order valence-corrected chi connectivity index (χ0v) is 42.0. The SMILES string of the molecule is CC/C=C/C=C/C=C\C=C/CCCCCC(=O)OC1C(OCC(NC(=O)C(O)C/C=C/C/C=C\CCCCCCCC)C(O)/C=C/CCCCCCCCCCCCC)OC(CO)C(O)C1O. The van der Waals surface area contributed by atoms with Crippen LogP contribution in [0.4, 0.5) is 0 Å². The molecule has 0 aromatic rings. The van der Waals surface area contributed by atoms with Crippen molar-refractivity contribution in [2.75, 3.05) is 13.2 Å². The lowest BCUT2D eigenvalue weighted by atomic mass is 9.99. The number of aliphatic hydroxyl groups is 5. The predicted octanol–water partition coefficient (Wildman–Crippen LogP) is 11.0. The summed E-state index contributed by atoms with van der Waals surface area (Å²) < 4.78 is 17.4. The largest absolute Gasteiger partial charge is 0.454 e. The van der Waals surface area contributed by atoms with E-state index in [1.54, 1.807) is 12.2 Å². The molecule has 0 aromatic heterocycles. The summed E-state index contributed by atoms with van der Waals surface area (Å²) in [6, 6.07) is -1.06. The highest BCUT2D eigenvalue weighted by Gasteiger charge is 2.47. The molecular formula is C56H95NO10. The first-order valence-electron chi connectivity index (χ1n) is 26.4. The van der Waals surface area contributed by atoms with Gasteiger partial charge in [-0.25, -0.2) is 0 Å². The average molecular weight is 942 g/mol. The van der Waals surface area contributed by atoms with Crippen LogP contribution < -0.4 is 5.32 Å². The van der Waals surface area contributed by atoms with E-state index in [4.69, 9.17) is 14.2 Å². The number of esters is 1. The Bertz CT molecular complexity index is 1410. The van der Waals surface area contributed by atoms with Gasteiger partial charge in [0.1, 0.15) is 24.4 Å². The molecule has 8 unspecified atom stereocenters. The quantitative estimate of drug-likeness (QED) is 0.0150. The van der Waals surface area contributed by atoms with Crippen molar-refractivity contribution >= 4 is 11.9 Å². The van der Waals surface area contributed by atoms with Crippen LogP contribution in [0.15, 0.2) is 85.1 Å². The Balaban J connectivity index is 2.86. The topological polar surface area (TPSA) is 175 Å². The standard InChI is InChI=1S/C56H95NO10/c1-4-7-10-13-16-19-22-25-28-30-33-36-39-42-48(59)47(57-55(64)49(60)43-40-37-34-31-27-24-21-18-15-12-9-6-3)46-65-56-54(53(63)52(62)50(45-58)66-56)67-51(61)44-41-38-35-32-29-26-23-20-17-14-11-8-5-2/h8,11,14,17,20,23,26-27,29,31,37,39-40,42,47-50,52-54,56,58-60,62-63H,4-7,9-10,12-13,15-16,18-19,21-22,24-25,28,30,32-36,38,41,43-46H2,1-3H3,(H,57,64)/b11-8+,17-14+,23-20-,29-26-,31-27-,40-37+,42-39+. The summed E-state index contributed by atoms with van der Waals surface area (Å²) in [4.78, 5) is 26.3. The van der Waals surface area contributed by atoms with E-state index in [0.29, 0.717) is 12.8 Å². The minimum atomic E-state index is -1.64. The Kier molecular flexibility index (Phi) is 40.7. The smallest absolute Gasteiger partial charge is 0.306 e. The van der Waals surface area contributed by atoms with Crippen LogP contribution in [0.1, 0.15) is 194 Å². The lowest BCUT2D eigenvalue weighted by Gasteiger charge is -2.41. The van der Waals surface area contributed by atoms with Crippen LogP contribution in [0.3, 0.4) is 0 Å². The molecule has 0 aromatic carbocycles. The lowest BCUT2D eigenvalue weighted by molar-refractivity contribution is -0.305. The van der Waals surface area contributed by atoms with Crippen LogP contribution in [-0.2, 0) is 23.8 Å². The molecule has 0 aliphatic carbocycles. The minimum Gasteiger partial charge on any atom is -0.454 e. The summed E-state index contributed by atoms with van der Waals surface area (Å²) in [5, 5.41) is 56.5. The number of carbonyl (C=O) groups is 2. The number of carbonyl (C=O) groups excluding carboxylic acids is 2. The van der Waals surface area contributed by atoms with Crippen molar-refractivity contribution in [3.8, 4) is 0 Å². The summed E-state index contributed by atoms with van der Waals surface area (Å²) in [5.74, 6) is -1.32. The summed E-state index contributed by atoms with van der Waals surface area (Å²) in [7, 11) is 0. The summed E-state index contributed by atoms with van der Waals surface area (Å²) >= 11 is 0. The molecule has 1 aliphatic rings. The van der Waals surface area contributed by atoms with Crippen molar-refractivity contribution < 1.29 is 49.3 Å². The van der Waals surface area contributed by atoms with E-state index in [0.717, 1.165) is 57.8 Å². The van der Waals surface area contributed by atoms with Crippen molar-refractivity contribution in [1.82, 2.24) is 5.32 Å². The highest BCUT2D eigenvalue weighted by Crippen LogP contribution is 2.26. The van der Waals surface area contributed by atoms with Crippen molar-refractivity contribution in [3.63, 3.8) is 0 Å². The van der Waals surface area contributed by atoms with Gasteiger partial charge in [-0.1, -0.05) is 209 Å². The number of aliphatic hydroxyl groups excluding tert-OH is 5. The molecule has 11 heteroatoms. The van der Waals surface area contributed by atoms with Gasteiger partial charge in [-0.3, -0.25) is 9.59 Å². The zero-order valence-electron chi connectivity index (χ0n) is 42.0. The molecule has 1 aliphatic heterocycles. The number of nitrogens with one attached hydrogen (secondary N) is 1. The van der Waals surface area contributed by atoms with Gasteiger partial charge in [-0.2, -0.15) is 0 Å². The zero-order chi connectivity index (χ0) is 49.0. The second-order valence-corrected chi connectivity index (χ2v) is 18.0. The molecule has 0 bridgehead atoms. The van der Waals surface area contributed by atoms with Crippen LogP contribution >= 0.6 is 0 Å². The molecule has 1 saturated heterocycles. The first-order valence-corrected chi connectivity index (χ1v) is 26.4. The maximum atomic E-state index is 13.3. The van der Waals surface area contributed by atoms with Gasteiger partial charge in [0, 0.05) is 12.8 Å². The lowest BCUT2D eigenvalue weighted by Crippen LogP contribution is -2.61. The molecule has 1 heterocycles. The summed E-state index contributed by atoms with van der Waals surface area (Å²) in [6.45, 7) is 5.53. The molecule has 0 radical (unpaired) electrons. The molecule has 0 spiro atoms. The first-order chi connectivity index (χ1) is 32.7. The molecule has 6 N–H and O–H groups in total. The Hall–Kier alpha value is -3.16. The van der Waals surface area contributed by atoms with Crippen LogP contribution in [0.2, 0.25) is 0 Å². The van der Waals surface area contributed by atoms with Crippen molar-refractivity contribution in [2.45, 2.75) is 243 Å². The highest BCUT2D eigenvalue weighted by atomic mass is 16.7. The number of amides is 1. The molecule has 384 valence electrons. The van der Waals surface area contributed by atoms with Crippen LogP contribution in [0.25, 0.3) is 0 Å². The van der Waals surface area contributed by atoms with Crippen molar-refractivity contribution in [2.24, 2.45) is 0 Å². The fourth-order valence-corrected chi connectivity index (χ4v) is 7.64. The van der Waals surface area contributed by atoms with E-state index in [1.807, 2.05) is 48.6 Å². The Morgan fingerprint density at radius 3 is 1.73 bits per heavy atom. The van der Waals surface area contributed by atoms with Crippen LogP contribution in [0, 0.1) is 0 Å². The van der Waals surface area contributed by atoms with E-state index < -0.39 is 67.4 Å². The Labute approximate surface area is 406 Å². The summed E-state index contributed by atoms with van der Waals surface area (Å²) in [6.07, 6.45) is 45.2. The second kappa shape index (κ2) is 44.1. The monoisotopic (exact) mass is 942 g/mol. The fraction of sp³-hybridized carbons (Fsp3) is 0.714. The van der Waals surface area contributed by atoms with Gasteiger partial charge < -0.3 is 45.1 Å². The van der Waals surface area contributed by atoms with E-state index in [-0.39, 0.29) is 19.4 Å². The van der Waals surface area contributed by atoms with Gasteiger partial charge in [0.15, 0.2) is 12.4 Å². The molecule has 8 atom stereocenters. The normalized spacial score (nSPS) is 20.7. The number of allylic oxidation sites excluding steroid dienone is 12. The average Bonchev–Trinajstić information content (AvgIpc) is 3.32. The van der Waals surface area contributed by atoms with Gasteiger partial charge in [-0.05, 0) is 57.8 Å². The third kappa shape index (κ3) is 33.1. The molecular weight excluding hydrogens is 847 g/mol. The Morgan fingerprint density at radius 1 is 0.612 bits per heavy atom. The van der Waals surface area contributed by atoms with E-state index in [2.05, 4.69) is 50.4 Å². The molecule has 1 rings (SSSR count). The van der Waals surface area contributed by atoms with E-state index in [9.17, 15) is 35.1 Å². The van der Waals surface area contributed by atoms with Gasteiger partial charge >= 0.3 is 5.97 Å². The van der Waals surface area contributed by atoms with Crippen LogP contribution in [0.5, 0.6) is 0 Å². The van der Waals surface area contributed by atoms with Crippen LogP contribution in [-0.4, -0.2) is 99.6 Å². The van der Waals surface area contributed by atoms with E-state index in [1.165, 1.54) is 89.9 Å². The molecule has 1 amide bonds. The van der Waals surface area contributed by atoms with Gasteiger partial charge in [0.25, 0.3) is 0 Å². The minimum absolute atomic E-state index is 0.0677. The predicted molar refractivity (Wildman–Crippen MR) is 273 cm³/mol. The van der Waals surface area contributed by atoms with Gasteiger partial charge in [-0.15, -0.1) is 0 Å². The fourth-order valence-electron chi connectivity index (χ4n) is 7.64. The van der Waals surface area contributed by atoms with Crippen molar-refractivity contribution in [3.05, 3.63) is 85.1 Å². The number of hydrogen-bond donors (Lipinski definition) is 6. The number of rotatable bonds is 42. The van der Waals surface area contributed by atoms with Crippen molar-refractivity contribution in [1.29, 1.82) is 0 Å². The molecule has 0 saturated carbocycles. The number of unbranched alkanes of at least 4 members (excludes halogenated alkanes) is 20. The second-order valence-electron chi connectivity index (χ2n) is 18.0. The van der Waals surface area contributed by atoms with E-state index >= 15 is 0 Å². The Morgan fingerprint density at radius 2 is 1.13 bits per heavy atom. The summed E-state index contributed by atoms with van der Waals surface area (Å²) in [5.41, 5.74) is 0. The molecule has 11 nitrogen and oxygen atoms in total. The molecule has 67 heavy (non-hydrogen) atoms. The van der Waals surface area contributed by atoms with Gasteiger partial charge in [0.05, 0.1) is 25.4 Å². The first kappa shape index (κ1) is 61.9. The molecule has 1 fully saturated rings. The number of hydrogen-bond acceptors (Lipinski definition) is 10. The van der Waals surface area contributed by atoms with Gasteiger partial charge in [0.2, 0.25) is 5.91 Å². The maximum absolute atomic E-state index is 13.3. The third-order valence-corrected chi connectivity index (χ3v) is 11.9. The highest BCUT2D eigenvalue weighted by molar-refractivity contribution is 5.81. The maximum Gasteiger partial charge on any atom is 0.306 e. The third-order valence-electron chi connectivity index (χ3n) is 11.9.